The molecule has 5 heteroatoms. The maximum atomic E-state index is 5.41. The first-order valence-corrected chi connectivity index (χ1v) is 12.0. The number of methoxy groups -OCH3 is 1. The maximum Gasteiger partial charge on any atom is 0.163 e. The van der Waals surface area contributed by atoms with Crippen LogP contribution in [-0.4, -0.2) is 34.5 Å². The standard InChI is InChI=1S/C27H36N4O/c1-20(11-16-26-29-30-27(31(26)2)23-9-5-4-6-10-23)28-17-7-8-21-12-13-22-14-15-25(32-3)19-24(22)18-21/h4-6,9-10,14-15,19-21,28H,7-8,11-13,16-18H2,1-3H3. The Bertz CT molecular complexity index is 998. The van der Waals surface area contributed by atoms with Crippen molar-refractivity contribution in [2.45, 2.75) is 57.9 Å². The molecule has 0 amide bonds. The Kier molecular flexibility index (Phi) is 7.59. The van der Waals surface area contributed by atoms with Gasteiger partial charge in [0.05, 0.1) is 7.11 Å². The van der Waals surface area contributed by atoms with E-state index in [0.29, 0.717) is 6.04 Å². The molecule has 0 fully saturated rings. The van der Waals surface area contributed by atoms with Crippen LogP contribution in [0.15, 0.2) is 48.5 Å². The highest BCUT2D eigenvalue weighted by atomic mass is 16.5. The van der Waals surface area contributed by atoms with Gasteiger partial charge in [-0.3, -0.25) is 0 Å². The van der Waals surface area contributed by atoms with Gasteiger partial charge in [0.2, 0.25) is 0 Å². The zero-order valence-electron chi connectivity index (χ0n) is 19.7. The molecule has 1 aromatic heterocycles. The van der Waals surface area contributed by atoms with Gasteiger partial charge in [-0.2, -0.15) is 0 Å². The number of nitrogens with one attached hydrogen (secondary N) is 1. The van der Waals surface area contributed by atoms with Gasteiger partial charge >= 0.3 is 0 Å². The molecule has 0 saturated heterocycles. The number of fused-ring (bicyclic) bond motifs is 1. The summed E-state index contributed by atoms with van der Waals surface area (Å²) in [5.74, 6) is 3.77. The van der Waals surface area contributed by atoms with E-state index in [4.69, 9.17) is 4.74 Å². The van der Waals surface area contributed by atoms with E-state index >= 15 is 0 Å². The number of ether oxygens (including phenoxy) is 1. The molecule has 3 aromatic rings. The van der Waals surface area contributed by atoms with Crippen molar-refractivity contribution in [3.63, 3.8) is 0 Å². The van der Waals surface area contributed by atoms with E-state index in [9.17, 15) is 0 Å². The summed E-state index contributed by atoms with van der Waals surface area (Å²) in [7, 11) is 3.81. The molecular weight excluding hydrogens is 396 g/mol. The SMILES string of the molecule is COc1ccc2c(c1)CC(CCCNC(C)CCc1nnc(-c3ccccc3)n1C)CC2. The molecule has 1 aliphatic carbocycles. The van der Waals surface area contributed by atoms with Gasteiger partial charge in [-0.25, -0.2) is 0 Å². The molecular formula is C27H36N4O. The van der Waals surface area contributed by atoms with Crippen LogP contribution in [-0.2, 0) is 26.3 Å². The fraction of sp³-hybridized carbons (Fsp3) is 0.481. The Morgan fingerprint density at radius 2 is 1.97 bits per heavy atom. The molecule has 1 heterocycles. The number of hydrogen-bond acceptors (Lipinski definition) is 4. The molecule has 2 aromatic carbocycles. The fourth-order valence-corrected chi connectivity index (χ4v) is 4.79. The zero-order chi connectivity index (χ0) is 22.3. The first-order chi connectivity index (χ1) is 15.6. The molecule has 0 aliphatic heterocycles. The van der Waals surface area contributed by atoms with Crippen LogP contribution < -0.4 is 10.1 Å². The molecule has 1 aliphatic rings. The number of aromatic nitrogens is 3. The smallest absolute Gasteiger partial charge is 0.163 e. The van der Waals surface area contributed by atoms with E-state index in [1.807, 2.05) is 18.2 Å². The summed E-state index contributed by atoms with van der Waals surface area (Å²) >= 11 is 0. The van der Waals surface area contributed by atoms with Gasteiger partial charge in [-0.05, 0) is 81.2 Å². The van der Waals surface area contributed by atoms with Gasteiger partial charge < -0.3 is 14.6 Å². The summed E-state index contributed by atoms with van der Waals surface area (Å²) in [5, 5.41) is 12.5. The maximum absolute atomic E-state index is 5.41. The van der Waals surface area contributed by atoms with Crippen molar-refractivity contribution < 1.29 is 4.74 Å². The van der Waals surface area contributed by atoms with E-state index in [1.54, 1.807) is 7.11 Å². The molecule has 0 bridgehead atoms. The minimum Gasteiger partial charge on any atom is -0.497 e. The Labute approximate surface area is 192 Å². The monoisotopic (exact) mass is 432 g/mol. The van der Waals surface area contributed by atoms with Gasteiger partial charge in [-0.15, -0.1) is 10.2 Å². The van der Waals surface area contributed by atoms with E-state index in [-0.39, 0.29) is 0 Å². The van der Waals surface area contributed by atoms with Gasteiger partial charge in [0, 0.05) is 25.1 Å². The van der Waals surface area contributed by atoms with Crippen LogP contribution in [0, 0.1) is 5.92 Å². The normalized spacial score (nSPS) is 16.5. The average molecular weight is 433 g/mol. The Balaban J connectivity index is 1.17. The van der Waals surface area contributed by atoms with Crippen LogP contribution in [0.5, 0.6) is 5.75 Å². The summed E-state index contributed by atoms with van der Waals surface area (Å²) in [6.45, 7) is 3.36. The first-order valence-electron chi connectivity index (χ1n) is 12.0. The summed E-state index contributed by atoms with van der Waals surface area (Å²) in [6.07, 6.45) is 8.24. The molecule has 2 unspecified atom stereocenters. The van der Waals surface area contributed by atoms with E-state index in [1.165, 1.54) is 43.2 Å². The van der Waals surface area contributed by atoms with Crippen molar-refractivity contribution in [3.05, 3.63) is 65.5 Å². The first kappa shape index (κ1) is 22.5. The molecule has 2 atom stereocenters. The predicted molar refractivity (Wildman–Crippen MR) is 130 cm³/mol. The second-order valence-corrected chi connectivity index (χ2v) is 9.14. The zero-order valence-corrected chi connectivity index (χ0v) is 19.7. The topological polar surface area (TPSA) is 52.0 Å². The molecule has 5 nitrogen and oxygen atoms in total. The summed E-state index contributed by atoms with van der Waals surface area (Å²) in [5.41, 5.74) is 4.11. The second kappa shape index (κ2) is 10.8. The summed E-state index contributed by atoms with van der Waals surface area (Å²) < 4.78 is 7.53. The number of benzene rings is 2. The molecule has 0 spiro atoms. The van der Waals surface area contributed by atoms with Crippen molar-refractivity contribution in [3.8, 4) is 17.1 Å². The third kappa shape index (κ3) is 5.57. The number of nitrogens with zero attached hydrogens (tertiary/aromatic N) is 3. The highest BCUT2D eigenvalue weighted by Gasteiger charge is 2.19. The molecule has 1 N–H and O–H groups in total. The molecule has 32 heavy (non-hydrogen) atoms. The molecule has 0 saturated carbocycles. The highest BCUT2D eigenvalue weighted by Crippen LogP contribution is 2.30. The van der Waals surface area contributed by atoms with Crippen molar-refractivity contribution in [1.29, 1.82) is 0 Å². The Morgan fingerprint density at radius 3 is 2.78 bits per heavy atom. The van der Waals surface area contributed by atoms with Crippen LogP contribution in [0.25, 0.3) is 11.4 Å². The van der Waals surface area contributed by atoms with Gasteiger partial charge in [-0.1, -0.05) is 36.4 Å². The minimum atomic E-state index is 0.475. The lowest BCUT2D eigenvalue weighted by molar-refractivity contribution is 0.392. The van der Waals surface area contributed by atoms with Crippen LogP contribution in [0.3, 0.4) is 0 Å². The van der Waals surface area contributed by atoms with Crippen LogP contribution in [0.4, 0.5) is 0 Å². The van der Waals surface area contributed by atoms with Crippen LogP contribution >= 0.6 is 0 Å². The Hall–Kier alpha value is -2.66. The molecule has 170 valence electrons. The van der Waals surface area contributed by atoms with Crippen molar-refractivity contribution in [1.82, 2.24) is 20.1 Å². The minimum absolute atomic E-state index is 0.475. The van der Waals surface area contributed by atoms with Crippen molar-refractivity contribution in [2.24, 2.45) is 13.0 Å². The van der Waals surface area contributed by atoms with E-state index < -0.39 is 0 Å². The quantitative estimate of drug-likeness (QED) is 0.459. The summed E-state index contributed by atoms with van der Waals surface area (Å²) in [6, 6.07) is 17.3. The predicted octanol–water partition coefficient (Wildman–Crippen LogP) is 4.99. The number of rotatable bonds is 10. The third-order valence-corrected chi connectivity index (χ3v) is 6.82. The molecule has 0 radical (unpaired) electrons. The van der Waals surface area contributed by atoms with Gasteiger partial charge in [0.1, 0.15) is 11.6 Å². The van der Waals surface area contributed by atoms with E-state index in [2.05, 4.69) is 64.4 Å². The fourth-order valence-electron chi connectivity index (χ4n) is 4.79. The van der Waals surface area contributed by atoms with Crippen molar-refractivity contribution >= 4 is 0 Å². The molecule has 4 rings (SSSR count). The second-order valence-electron chi connectivity index (χ2n) is 9.14. The third-order valence-electron chi connectivity index (χ3n) is 6.82. The lowest BCUT2D eigenvalue weighted by Crippen LogP contribution is -2.28. The van der Waals surface area contributed by atoms with Gasteiger partial charge in [0.25, 0.3) is 0 Å². The lowest BCUT2D eigenvalue weighted by atomic mass is 9.81. The highest BCUT2D eigenvalue weighted by molar-refractivity contribution is 5.54. The summed E-state index contributed by atoms with van der Waals surface area (Å²) in [4.78, 5) is 0. The van der Waals surface area contributed by atoms with Crippen LogP contribution in [0.2, 0.25) is 0 Å². The number of hydrogen-bond donors (Lipinski definition) is 1. The van der Waals surface area contributed by atoms with Crippen molar-refractivity contribution in [2.75, 3.05) is 13.7 Å². The largest absolute Gasteiger partial charge is 0.497 e. The van der Waals surface area contributed by atoms with Crippen LogP contribution in [0.1, 0.15) is 49.6 Å². The Morgan fingerprint density at radius 1 is 1.12 bits per heavy atom. The number of aryl methyl sites for hydroxylation is 2. The lowest BCUT2D eigenvalue weighted by Gasteiger charge is -2.25. The van der Waals surface area contributed by atoms with E-state index in [0.717, 1.165) is 48.3 Å². The average Bonchev–Trinajstić information content (AvgIpc) is 3.20. The van der Waals surface area contributed by atoms with Gasteiger partial charge in [0.15, 0.2) is 5.82 Å².